The Balaban J connectivity index is 0. The molecule has 62 valence electrons. The molecule has 11 heavy (non-hydrogen) atoms. The molecule has 0 aliphatic heterocycles. The molecule has 1 aromatic carbocycles. The van der Waals surface area contributed by atoms with Crippen LogP contribution in [0.1, 0.15) is 0 Å². The average molecular weight is 211 g/mol. The molecule has 0 radical (unpaired) electrons. The Morgan fingerprint density at radius 2 is 0.909 bits per heavy atom. The fraction of sp³-hybridized carbons (Fsp3) is 0. The van der Waals surface area contributed by atoms with Gasteiger partial charge in [-0.2, -0.15) is 0 Å². The topological polar surface area (TPSA) is 31.5 Å². The van der Waals surface area contributed by atoms with Crippen LogP contribution in [0.3, 0.4) is 0 Å². The first-order valence-corrected chi connectivity index (χ1v) is 3.75. The Morgan fingerprint density at radius 3 is 1.00 bits per heavy atom. The third-order valence-electron chi connectivity index (χ3n) is 0.667. The molecule has 0 amide bonds. The number of hydrogen-bond acceptors (Lipinski definition) is 1. The summed E-state index contributed by atoms with van der Waals surface area (Å²) < 4.78 is -0.0556. The zero-order chi connectivity index (χ0) is 7.82. The molecule has 4 heteroatoms. The summed E-state index contributed by atoms with van der Waals surface area (Å²) in [7, 11) is 0. The fourth-order valence-corrected chi connectivity index (χ4v) is 0.385. The number of benzene rings is 1. The van der Waals surface area contributed by atoms with Crippen LogP contribution < -0.4 is 0 Å². The zero-order valence-electron chi connectivity index (χ0n) is 5.63. The molecule has 0 aliphatic carbocycles. The van der Waals surface area contributed by atoms with Crippen molar-refractivity contribution in [2.45, 2.75) is 0 Å². The second-order valence-electron chi connectivity index (χ2n) is 1.38. The average Bonchev–Trinajstić information content (AvgIpc) is 1.90. The quantitative estimate of drug-likeness (QED) is 0.479. The van der Waals surface area contributed by atoms with Crippen molar-refractivity contribution in [3.8, 4) is 0 Å². The zero-order valence-corrected chi connectivity index (χ0v) is 7.96. The second kappa shape index (κ2) is 9.85. The Labute approximate surface area is 81.2 Å². The molecular weight excluding hydrogens is 203 g/mol. The van der Waals surface area contributed by atoms with Gasteiger partial charge in [0.25, 0.3) is 0 Å². The number of halogens is 2. The summed E-state index contributed by atoms with van der Waals surface area (Å²) in [5.74, 6) is 0. The Hall–Kier alpha value is -0.150. The Bertz CT molecular complexity index is 148. The summed E-state index contributed by atoms with van der Waals surface area (Å²) >= 11 is 13.6. The van der Waals surface area contributed by atoms with Gasteiger partial charge in [0.15, 0.2) is 3.78 Å². The highest BCUT2D eigenvalue weighted by molar-refractivity contribution is 7.86. The van der Waals surface area contributed by atoms with Gasteiger partial charge in [0.2, 0.25) is 0 Å². The maximum Gasteiger partial charge on any atom is 0.169 e. The van der Waals surface area contributed by atoms with E-state index >= 15 is 0 Å². The summed E-state index contributed by atoms with van der Waals surface area (Å²) in [5, 5.41) is 0. The lowest BCUT2D eigenvalue weighted by Gasteiger charge is -1.69. The van der Waals surface area contributed by atoms with E-state index in [4.69, 9.17) is 23.2 Å². The molecule has 0 bridgehead atoms. The van der Waals surface area contributed by atoms with Crippen LogP contribution in [0.2, 0.25) is 0 Å². The lowest BCUT2D eigenvalue weighted by atomic mass is 10.4. The molecule has 2 N–H and O–H groups in total. The van der Waals surface area contributed by atoms with E-state index in [1.807, 2.05) is 36.4 Å². The summed E-state index contributed by atoms with van der Waals surface area (Å²) in [6.07, 6.45) is 0. The molecule has 0 heterocycles. The van der Waals surface area contributed by atoms with Crippen LogP contribution in [0.5, 0.6) is 0 Å². The van der Waals surface area contributed by atoms with E-state index in [0.29, 0.717) is 0 Å². The Morgan fingerprint density at radius 1 is 0.818 bits per heavy atom. The van der Waals surface area contributed by atoms with E-state index in [-0.39, 0.29) is 9.26 Å². The minimum atomic E-state index is -0.0556. The fourth-order valence-electron chi connectivity index (χ4n) is 0.385. The van der Waals surface area contributed by atoms with Crippen molar-refractivity contribution < 1.29 is 5.48 Å². The predicted molar refractivity (Wildman–Crippen MR) is 54.4 cm³/mol. The van der Waals surface area contributed by atoms with E-state index in [2.05, 4.69) is 12.2 Å². The third kappa shape index (κ3) is 17.7. The lowest BCUT2D eigenvalue weighted by molar-refractivity contribution is 0.824. The van der Waals surface area contributed by atoms with Gasteiger partial charge in [-0.25, -0.2) is 0 Å². The minimum absolute atomic E-state index is 0. The first kappa shape index (κ1) is 13.4. The van der Waals surface area contributed by atoms with Crippen molar-refractivity contribution in [2.75, 3.05) is 0 Å². The van der Waals surface area contributed by atoms with Crippen LogP contribution in [-0.2, 0) is 0 Å². The lowest BCUT2D eigenvalue weighted by Crippen LogP contribution is -1.47. The maximum atomic E-state index is 4.77. The van der Waals surface area contributed by atoms with Gasteiger partial charge >= 0.3 is 0 Å². The smallest absolute Gasteiger partial charge is 0.169 e. The van der Waals surface area contributed by atoms with Crippen LogP contribution in [-0.4, -0.2) is 9.26 Å². The highest BCUT2D eigenvalue weighted by Crippen LogP contribution is 1.86. The van der Waals surface area contributed by atoms with Gasteiger partial charge in [-0.05, 0) is 0 Å². The standard InChI is InChI=1S/C6H6.CCl2S.H2O/c1-2-4-6-5-3-1;2-1(3)4;/h1-6H;;1H2. The van der Waals surface area contributed by atoms with Crippen LogP contribution in [0.25, 0.3) is 0 Å². The summed E-state index contributed by atoms with van der Waals surface area (Å²) in [5.41, 5.74) is 0. The molecule has 0 saturated carbocycles. The minimum Gasteiger partial charge on any atom is -0.412 e. The second-order valence-corrected chi connectivity index (χ2v) is 3.19. The molecule has 1 nitrogen and oxygen atoms in total. The molecule has 0 unspecified atom stereocenters. The van der Waals surface area contributed by atoms with Gasteiger partial charge in [-0.3, -0.25) is 0 Å². The van der Waals surface area contributed by atoms with E-state index in [1.165, 1.54) is 0 Å². The summed E-state index contributed by atoms with van der Waals surface area (Å²) in [6, 6.07) is 12.0. The number of rotatable bonds is 0. The van der Waals surface area contributed by atoms with Crippen molar-refractivity contribution in [3.63, 3.8) is 0 Å². The van der Waals surface area contributed by atoms with Gasteiger partial charge in [0, 0.05) is 0 Å². The van der Waals surface area contributed by atoms with E-state index < -0.39 is 0 Å². The third-order valence-corrected chi connectivity index (χ3v) is 0.667. The van der Waals surface area contributed by atoms with Crippen molar-refractivity contribution >= 4 is 39.2 Å². The largest absolute Gasteiger partial charge is 0.412 e. The maximum absolute atomic E-state index is 4.77. The molecule has 0 spiro atoms. The molecule has 0 aliphatic rings. The summed E-state index contributed by atoms with van der Waals surface area (Å²) in [6.45, 7) is 0. The highest BCUT2D eigenvalue weighted by atomic mass is 35.5. The van der Waals surface area contributed by atoms with Crippen LogP contribution in [0.4, 0.5) is 0 Å². The number of hydrogen-bond donors (Lipinski definition) is 0. The van der Waals surface area contributed by atoms with E-state index in [9.17, 15) is 0 Å². The van der Waals surface area contributed by atoms with Crippen molar-refractivity contribution in [2.24, 2.45) is 0 Å². The van der Waals surface area contributed by atoms with Gasteiger partial charge in [0.1, 0.15) is 0 Å². The van der Waals surface area contributed by atoms with Crippen molar-refractivity contribution in [1.82, 2.24) is 0 Å². The molecule has 0 aromatic heterocycles. The van der Waals surface area contributed by atoms with Gasteiger partial charge in [-0.1, -0.05) is 71.8 Å². The molecule has 0 fully saturated rings. The van der Waals surface area contributed by atoms with Gasteiger partial charge in [-0.15, -0.1) is 0 Å². The van der Waals surface area contributed by atoms with Crippen LogP contribution >= 0.6 is 35.4 Å². The van der Waals surface area contributed by atoms with Crippen LogP contribution in [0.15, 0.2) is 36.4 Å². The SMILES string of the molecule is O.S=C(Cl)Cl.c1ccccc1. The van der Waals surface area contributed by atoms with Gasteiger partial charge in [0.05, 0.1) is 0 Å². The Kier molecular flexibility index (Phi) is 12.0. The van der Waals surface area contributed by atoms with Crippen LogP contribution in [0, 0.1) is 0 Å². The monoisotopic (exact) mass is 210 g/mol. The molecule has 0 atom stereocenters. The summed E-state index contributed by atoms with van der Waals surface area (Å²) in [4.78, 5) is 0. The van der Waals surface area contributed by atoms with Gasteiger partial charge < -0.3 is 5.48 Å². The number of thiocarbonyl (C=S) groups is 1. The first-order chi connectivity index (χ1) is 4.73. The molecule has 0 saturated heterocycles. The van der Waals surface area contributed by atoms with E-state index in [0.717, 1.165) is 0 Å². The predicted octanol–water partition coefficient (Wildman–Crippen LogP) is 2.61. The molecule has 1 aromatic rings. The highest BCUT2D eigenvalue weighted by Gasteiger charge is 1.64. The normalized spacial score (nSPS) is 6.73. The molecular formula is C7H8Cl2OS. The first-order valence-electron chi connectivity index (χ1n) is 2.58. The van der Waals surface area contributed by atoms with Crippen molar-refractivity contribution in [1.29, 1.82) is 0 Å². The molecule has 1 rings (SSSR count). The van der Waals surface area contributed by atoms with Crippen molar-refractivity contribution in [3.05, 3.63) is 36.4 Å². The van der Waals surface area contributed by atoms with E-state index in [1.54, 1.807) is 0 Å².